The fourth-order valence-electron chi connectivity index (χ4n) is 2.31. The van der Waals surface area contributed by atoms with Crippen molar-refractivity contribution in [3.8, 4) is 0 Å². The Balaban J connectivity index is 1.80. The van der Waals surface area contributed by atoms with Gasteiger partial charge >= 0.3 is 5.97 Å². The molecule has 1 saturated heterocycles. The molecule has 0 aliphatic carbocycles. The molecule has 1 aliphatic heterocycles. The van der Waals surface area contributed by atoms with Crippen LogP contribution in [0.5, 0.6) is 0 Å². The van der Waals surface area contributed by atoms with Crippen molar-refractivity contribution in [1.82, 2.24) is 5.32 Å². The highest BCUT2D eigenvalue weighted by atomic mass is 32.2. The Labute approximate surface area is 122 Å². The van der Waals surface area contributed by atoms with Crippen molar-refractivity contribution < 1.29 is 19.1 Å². The van der Waals surface area contributed by atoms with Gasteiger partial charge in [0, 0.05) is 6.42 Å². The first-order valence-corrected chi connectivity index (χ1v) is 7.88. The number of nitrogens with one attached hydrogen (secondary N) is 1. The maximum atomic E-state index is 11.8. The summed E-state index contributed by atoms with van der Waals surface area (Å²) in [5.41, 5.74) is 0.151. The molecule has 1 aromatic heterocycles. The summed E-state index contributed by atoms with van der Waals surface area (Å²) in [4.78, 5) is 22.7. The molecule has 20 heavy (non-hydrogen) atoms. The standard InChI is InChI=1S/C14H19NO4S/c1-9-12(14(17)18)7-11(19-9)8-15-13(16)6-10-2-4-20-5-3-10/h7,10H,2-6,8H2,1H3,(H,15,16)(H,17,18). The minimum atomic E-state index is -1.01. The largest absolute Gasteiger partial charge is 0.478 e. The summed E-state index contributed by atoms with van der Waals surface area (Å²) in [7, 11) is 0. The lowest BCUT2D eigenvalue weighted by Crippen LogP contribution is -2.26. The normalized spacial score (nSPS) is 16.1. The average molecular weight is 297 g/mol. The minimum absolute atomic E-state index is 0.00725. The number of carbonyl (C=O) groups excluding carboxylic acids is 1. The van der Waals surface area contributed by atoms with Gasteiger partial charge in [-0.1, -0.05) is 0 Å². The van der Waals surface area contributed by atoms with E-state index in [0.717, 1.165) is 24.3 Å². The van der Waals surface area contributed by atoms with Crippen LogP contribution in [-0.2, 0) is 11.3 Å². The zero-order chi connectivity index (χ0) is 14.5. The van der Waals surface area contributed by atoms with Gasteiger partial charge in [0.25, 0.3) is 0 Å². The number of carbonyl (C=O) groups is 2. The molecule has 0 spiro atoms. The molecule has 1 fully saturated rings. The van der Waals surface area contributed by atoms with E-state index in [1.165, 1.54) is 6.07 Å². The number of hydrogen-bond donors (Lipinski definition) is 2. The Morgan fingerprint density at radius 2 is 2.15 bits per heavy atom. The van der Waals surface area contributed by atoms with E-state index in [-0.39, 0.29) is 18.0 Å². The molecule has 2 rings (SSSR count). The molecule has 5 nitrogen and oxygen atoms in total. The maximum absolute atomic E-state index is 11.8. The summed E-state index contributed by atoms with van der Waals surface area (Å²) in [6.45, 7) is 1.85. The van der Waals surface area contributed by atoms with Crippen LogP contribution < -0.4 is 5.32 Å². The summed E-state index contributed by atoms with van der Waals surface area (Å²) in [5.74, 6) is 2.59. The fraction of sp³-hybridized carbons (Fsp3) is 0.571. The van der Waals surface area contributed by atoms with E-state index in [2.05, 4.69) is 5.32 Å². The Hall–Kier alpha value is -1.43. The third-order valence-corrected chi connectivity index (χ3v) is 4.52. The summed E-state index contributed by atoms with van der Waals surface area (Å²) < 4.78 is 5.32. The van der Waals surface area contributed by atoms with Crippen LogP contribution in [0.1, 0.15) is 41.1 Å². The SMILES string of the molecule is Cc1oc(CNC(=O)CC2CCSCC2)cc1C(=O)O. The molecule has 110 valence electrons. The van der Waals surface area contributed by atoms with Gasteiger partial charge in [0.1, 0.15) is 17.1 Å². The highest BCUT2D eigenvalue weighted by Crippen LogP contribution is 2.25. The van der Waals surface area contributed by atoms with E-state index in [9.17, 15) is 9.59 Å². The number of aromatic carboxylic acids is 1. The predicted molar refractivity (Wildman–Crippen MR) is 76.9 cm³/mol. The van der Waals surface area contributed by atoms with Crippen molar-refractivity contribution in [3.05, 3.63) is 23.2 Å². The van der Waals surface area contributed by atoms with Gasteiger partial charge in [0.2, 0.25) is 5.91 Å². The van der Waals surface area contributed by atoms with Crippen LogP contribution in [0.2, 0.25) is 0 Å². The van der Waals surface area contributed by atoms with Gasteiger partial charge in [0.05, 0.1) is 6.54 Å². The highest BCUT2D eigenvalue weighted by molar-refractivity contribution is 7.99. The van der Waals surface area contributed by atoms with Crippen LogP contribution in [0.15, 0.2) is 10.5 Å². The summed E-state index contributed by atoms with van der Waals surface area (Å²) in [6, 6.07) is 1.47. The van der Waals surface area contributed by atoms with Gasteiger partial charge in [-0.2, -0.15) is 11.8 Å². The topological polar surface area (TPSA) is 79.5 Å². The smallest absolute Gasteiger partial charge is 0.339 e. The molecule has 2 N–H and O–H groups in total. The van der Waals surface area contributed by atoms with Crippen LogP contribution >= 0.6 is 11.8 Å². The molecular formula is C14H19NO4S. The molecule has 0 saturated carbocycles. The second kappa shape index (κ2) is 6.83. The molecule has 6 heteroatoms. The van der Waals surface area contributed by atoms with E-state index >= 15 is 0 Å². The van der Waals surface area contributed by atoms with Gasteiger partial charge in [-0.3, -0.25) is 4.79 Å². The molecule has 1 aliphatic rings. The number of carboxylic acid groups (broad SMARTS) is 1. The van der Waals surface area contributed by atoms with Crippen molar-refractivity contribution in [2.75, 3.05) is 11.5 Å². The molecule has 0 aromatic carbocycles. The molecule has 2 heterocycles. The Kier molecular flexibility index (Phi) is 5.11. The zero-order valence-corrected chi connectivity index (χ0v) is 12.3. The second-order valence-corrected chi connectivity index (χ2v) is 6.25. The molecule has 0 radical (unpaired) electrons. The van der Waals surface area contributed by atoms with E-state index < -0.39 is 5.97 Å². The van der Waals surface area contributed by atoms with Gasteiger partial charge < -0.3 is 14.8 Å². The average Bonchev–Trinajstić information content (AvgIpc) is 2.79. The van der Waals surface area contributed by atoms with Crippen LogP contribution in [0.4, 0.5) is 0 Å². The van der Waals surface area contributed by atoms with Gasteiger partial charge in [0.15, 0.2) is 0 Å². The molecule has 0 atom stereocenters. The summed E-state index contributed by atoms with van der Waals surface area (Å²) >= 11 is 1.94. The number of thioether (sulfide) groups is 1. The van der Waals surface area contributed by atoms with E-state index in [4.69, 9.17) is 9.52 Å². The monoisotopic (exact) mass is 297 g/mol. The van der Waals surface area contributed by atoms with Crippen LogP contribution in [0.25, 0.3) is 0 Å². The van der Waals surface area contributed by atoms with Gasteiger partial charge in [-0.25, -0.2) is 4.79 Å². The first-order valence-electron chi connectivity index (χ1n) is 6.73. The van der Waals surface area contributed by atoms with Crippen molar-refractivity contribution in [1.29, 1.82) is 0 Å². The third kappa shape index (κ3) is 4.03. The summed E-state index contributed by atoms with van der Waals surface area (Å²) in [5, 5.41) is 11.7. The minimum Gasteiger partial charge on any atom is -0.478 e. The molecule has 1 aromatic rings. The van der Waals surface area contributed by atoms with Crippen LogP contribution in [0.3, 0.4) is 0 Å². The lowest BCUT2D eigenvalue weighted by molar-refractivity contribution is -0.122. The molecular weight excluding hydrogens is 278 g/mol. The maximum Gasteiger partial charge on any atom is 0.339 e. The number of aryl methyl sites for hydroxylation is 1. The Bertz CT molecular complexity index is 491. The van der Waals surface area contributed by atoms with Crippen molar-refractivity contribution in [3.63, 3.8) is 0 Å². The molecule has 1 amide bonds. The lowest BCUT2D eigenvalue weighted by Gasteiger charge is -2.20. The number of furan rings is 1. The molecule has 0 bridgehead atoms. The summed E-state index contributed by atoms with van der Waals surface area (Å²) in [6.07, 6.45) is 2.74. The quantitative estimate of drug-likeness (QED) is 0.872. The van der Waals surface area contributed by atoms with Crippen molar-refractivity contribution >= 4 is 23.6 Å². The van der Waals surface area contributed by atoms with Crippen molar-refractivity contribution in [2.24, 2.45) is 5.92 Å². The highest BCUT2D eigenvalue weighted by Gasteiger charge is 2.18. The lowest BCUT2D eigenvalue weighted by atomic mass is 9.98. The predicted octanol–water partition coefficient (Wildman–Crippen LogP) is 2.44. The van der Waals surface area contributed by atoms with Crippen molar-refractivity contribution in [2.45, 2.75) is 32.7 Å². The van der Waals surface area contributed by atoms with Crippen LogP contribution in [0, 0.1) is 12.8 Å². The first-order chi connectivity index (χ1) is 9.56. The third-order valence-electron chi connectivity index (χ3n) is 3.47. The second-order valence-electron chi connectivity index (χ2n) is 5.02. The van der Waals surface area contributed by atoms with Gasteiger partial charge in [-0.05, 0) is 43.3 Å². The number of rotatable bonds is 5. The number of amides is 1. The van der Waals surface area contributed by atoms with Crippen LogP contribution in [-0.4, -0.2) is 28.5 Å². The Morgan fingerprint density at radius 3 is 2.75 bits per heavy atom. The fourth-order valence-corrected chi connectivity index (χ4v) is 3.52. The number of hydrogen-bond acceptors (Lipinski definition) is 4. The first kappa shape index (κ1) is 15.0. The van der Waals surface area contributed by atoms with E-state index in [0.29, 0.717) is 23.9 Å². The van der Waals surface area contributed by atoms with E-state index in [1.807, 2.05) is 11.8 Å². The Morgan fingerprint density at radius 1 is 1.45 bits per heavy atom. The molecule has 0 unspecified atom stereocenters. The zero-order valence-electron chi connectivity index (χ0n) is 11.5. The van der Waals surface area contributed by atoms with E-state index in [1.54, 1.807) is 6.92 Å². The number of carboxylic acids is 1. The van der Waals surface area contributed by atoms with Gasteiger partial charge in [-0.15, -0.1) is 0 Å².